The van der Waals surface area contributed by atoms with E-state index in [0.29, 0.717) is 5.46 Å². The largest absolute Gasteiger partial charge is 0.500 e. The molecule has 0 spiro atoms. The van der Waals surface area contributed by atoms with Crippen LogP contribution in [0.5, 0.6) is 5.88 Å². The fourth-order valence-corrected chi connectivity index (χ4v) is 1.96. The number of methoxy groups -OCH3 is 1. The first-order valence-corrected chi connectivity index (χ1v) is 6.43. The highest BCUT2D eigenvalue weighted by molar-refractivity contribution is 6.63. The van der Waals surface area contributed by atoms with Crippen molar-refractivity contribution >= 4 is 24.1 Å². The van der Waals surface area contributed by atoms with Gasteiger partial charge in [0.2, 0.25) is 11.7 Å². The second-order valence-electron chi connectivity index (χ2n) is 5.84. The Bertz CT molecular complexity index is 575. The molecule has 0 unspecified atom stereocenters. The van der Waals surface area contributed by atoms with Crippen LogP contribution < -0.4 is 15.9 Å². The smallest absolute Gasteiger partial charge is 0.481 e. The van der Waals surface area contributed by atoms with E-state index in [1.807, 2.05) is 27.7 Å². The highest BCUT2D eigenvalue weighted by Crippen LogP contribution is 2.37. The van der Waals surface area contributed by atoms with Gasteiger partial charge < -0.3 is 19.8 Å². The molecule has 8 nitrogen and oxygen atoms in total. The fourth-order valence-electron chi connectivity index (χ4n) is 1.96. The molecule has 1 saturated heterocycles. The Morgan fingerprint density at radius 3 is 2.29 bits per heavy atom. The van der Waals surface area contributed by atoms with Crippen LogP contribution in [0, 0.1) is 10.1 Å². The van der Waals surface area contributed by atoms with E-state index in [1.54, 1.807) is 0 Å². The molecular weight excluding hydrogens is 277 g/mol. The lowest BCUT2D eigenvalue weighted by Gasteiger charge is -2.32. The van der Waals surface area contributed by atoms with Crippen LogP contribution in [0.25, 0.3) is 0 Å². The highest BCUT2D eigenvalue weighted by atomic mass is 16.7. The molecule has 2 heterocycles. The quantitative estimate of drug-likeness (QED) is 0.500. The molecule has 0 atom stereocenters. The van der Waals surface area contributed by atoms with Crippen molar-refractivity contribution in [1.82, 2.24) is 4.98 Å². The lowest BCUT2D eigenvalue weighted by Crippen LogP contribution is -2.41. The third kappa shape index (κ3) is 2.54. The van der Waals surface area contributed by atoms with Crippen LogP contribution in [0.3, 0.4) is 0 Å². The molecule has 0 saturated carbocycles. The van der Waals surface area contributed by atoms with Gasteiger partial charge in [0.05, 0.1) is 28.7 Å². The Hall–Kier alpha value is -1.87. The molecule has 1 aromatic heterocycles. The van der Waals surface area contributed by atoms with Gasteiger partial charge in [0.1, 0.15) is 0 Å². The second kappa shape index (κ2) is 4.85. The molecule has 1 aliphatic rings. The summed E-state index contributed by atoms with van der Waals surface area (Å²) < 4.78 is 16.9. The van der Waals surface area contributed by atoms with Gasteiger partial charge in [0.15, 0.2) is 0 Å². The number of hydrogen-bond donors (Lipinski definition) is 1. The first-order chi connectivity index (χ1) is 9.59. The number of anilines is 1. The maximum atomic E-state index is 11.0. The lowest BCUT2D eigenvalue weighted by atomic mass is 9.79. The van der Waals surface area contributed by atoms with Crippen molar-refractivity contribution in [3.05, 3.63) is 16.2 Å². The first kappa shape index (κ1) is 15.5. The molecule has 0 aromatic carbocycles. The molecule has 1 fully saturated rings. The van der Waals surface area contributed by atoms with E-state index in [9.17, 15) is 10.1 Å². The average molecular weight is 295 g/mol. The van der Waals surface area contributed by atoms with Crippen LogP contribution in [-0.2, 0) is 9.31 Å². The Morgan fingerprint density at radius 2 is 1.86 bits per heavy atom. The molecule has 0 bridgehead atoms. The third-order valence-corrected chi connectivity index (χ3v) is 3.92. The molecule has 0 aliphatic carbocycles. The summed E-state index contributed by atoms with van der Waals surface area (Å²) in [6, 6.07) is 1.28. The zero-order valence-corrected chi connectivity index (χ0v) is 12.7. The van der Waals surface area contributed by atoms with Crippen LogP contribution in [0.4, 0.5) is 11.5 Å². The molecule has 114 valence electrons. The van der Waals surface area contributed by atoms with Gasteiger partial charge in [-0.05, 0) is 27.7 Å². The van der Waals surface area contributed by atoms with E-state index in [4.69, 9.17) is 19.8 Å². The topological polar surface area (TPSA) is 110 Å². The molecule has 0 radical (unpaired) electrons. The number of aromatic nitrogens is 1. The minimum absolute atomic E-state index is 0.150. The van der Waals surface area contributed by atoms with E-state index in [0.717, 1.165) is 0 Å². The number of nitrogen functional groups attached to an aromatic ring is 1. The number of ether oxygens (including phenoxy) is 1. The monoisotopic (exact) mass is 295 g/mol. The SMILES string of the molecule is COc1nc(N)c([N+](=O)[O-])cc1B1OC(C)(C)C(C)(C)O1. The molecule has 0 amide bonds. The molecule has 21 heavy (non-hydrogen) atoms. The number of nitrogens with zero attached hydrogens (tertiary/aromatic N) is 2. The van der Waals surface area contributed by atoms with Crippen molar-refractivity contribution in [1.29, 1.82) is 0 Å². The van der Waals surface area contributed by atoms with E-state index in [1.165, 1.54) is 13.2 Å². The first-order valence-electron chi connectivity index (χ1n) is 6.43. The summed E-state index contributed by atoms with van der Waals surface area (Å²) >= 11 is 0. The second-order valence-corrected chi connectivity index (χ2v) is 5.84. The predicted molar refractivity (Wildman–Crippen MR) is 77.6 cm³/mol. The summed E-state index contributed by atoms with van der Waals surface area (Å²) in [5.41, 5.74) is 4.46. The summed E-state index contributed by atoms with van der Waals surface area (Å²) in [6.07, 6.45) is 0. The van der Waals surface area contributed by atoms with Gasteiger partial charge in [0.25, 0.3) is 0 Å². The van der Waals surface area contributed by atoms with Gasteiger partial charge >= 0.3 is 12.8 Å². The minimum atomic E-state index is -0.809. The van der Waals surface area contributed by atoms with E-state index >= 15 is 0 Å². The molecule has 9 heteroatoms. The third-order valence-electron chi connectivity index (χ3n) is 3.92. The zero-order chi connectivity index (χ0) is 16.0. The Labute approximate surface area is 122 Å². The van der Waals surface area contributed by atoms with Crippen LogP contribution in [0.15, 0.2) is 6.07 Å². The Balaban J connectivity index is 2.49. The minimum Gasteiger partial charge on any atom is -0.481 e. The van der Waals surface area contributed by atoms with Crippen molar-refractivity contribution in [2.45, 2.75) is 38.9 Å². The maximum absolute atomic E-state index is 11.0. The molecule has 2 N–H and O–H groups in total. The molecule has 2 rings (SSSR count). The summed E-state index contributed by atoms with van der Waals surface area (Å²) in [7, 11) is 0.597. The van der Waals surface area contributed by atoms with Crippen molar-refractivity contribution < 1.29 is 19.0 Å². The average Bonchev–Trinajstić information content (AvgIpc) is 2.57. The van der Waals surface area contributed by atoms with Gasteiger partial charge in [-0.1, -0.05) is 0 Å². The van der Waals surface area contributed by atoms with Crippen LogP contribution in [-0.4, -0.2) is 35.3 Å². The number of nitro groups is 1. The standard InChI is InChI=1S/C12H18BN3O5/c1-11(2)12(3,4)21-13(20-11)7-6-8(16(17)18)9(14)15-10(7)19-5/h6H,1-5H3,(H2,14,15). The predicted octanol–water partition coefficient (Wildman–Crippen LogP) is 0.880. The zero-order valence-electron chi connectivity index (χ0n) is 12.7. The van der Waals surface area contributed by atoms with Crippen LogP contribution in [0.2, 0.25) is 0 Å². The van der Waals surface area contributed by atoms with E-state index in [-0.39, 0.29) is 17.4 Å². The van der Waals surface area contributed by atoms with Crippen molar-refractivity contribution in [2.24, 2.45) is 0 Å². The van der Waals surface area contributed by atoms with Crippen LogP contribution >= 0.6 is 0 Å². The number of nitrogens with two attached hydrogens (primary N) is 1. The Morgan fingerprint density at radius 1 is 1.33 bits per heavy atom. The maximum Gasteiger partial charge on any atom is 0.500 e. The van der Waals surface area contributed by atoms with E-state index < -0.39 is 23.2 Å². The summed E-state index contributed by atoms with van der Waals surface area (Å²) in [4.78, 5) is 14.3. The summed E-state index contributed by atoms with van der Waals surface area (Å²) in [5.74, 6) is -0.0614. The normalized spacial score (nSPS) is 19.6. The van der Waals surface area contributed by atoms with Gasteiger partial charge in [-0.3, -0.25) is 10.1 Å². The Kier molecular flexibility index (Phi) is 3.58. The fraction of sp³-hybridized carbons (Fsp3) is 0.583. The van der Waals surface area contributed by atoms with Crippen LogP contribution in [0.1, 0.15) is 27.7 Å². The lowest BCUT2D eigenvalue weighted by molar-refractivity contribution is -0.384. The van der Waals surface area contributed by atoms with Gasteiger partial charge in [-0.2, -0.15) is 4.98 Å². The van der Waals surface area contributed by atoms with Crippen molar-refractivity contribution in [3.8, 4) is 5.88 Å². The van der Waals surface area contributed by atoms with Gasteiger partial charge in [-0.25, -0.2) is 0 Å². The molecule has 1 aromatic rings. The van der Waals surface area contributed by atoms with Crippen molar-refractivity contribution in [3.63, 3.8) is 0 Å². The van der Waals surface area contributed by atoms with E-state index in [2.05, 4.69) is 4.98 Å². The summed E-state index contributed by atoms with van der Waals surface area (Å²) in [5, 5.41) is 11.0. The van der Waals surface area contributed by atoms with Gasteiger partial charge in [0, 0.05) is 6.07 Å². The van der Waals surface area contributed by atoms with Crippen molar-refractivity contribution in [2.75, 3.05) is 12.8 Å². The number of rotatable bonds is 3. The molecule has 1 aliphatic heterocycles. The number of pyridine rings is 1. The number of hydrogen-bond acceptors (Lipinski definition) is 7. The highest BCUT2D eigenvalue weighted by Gasteiger charge is 2.53. The molecular formula is C12H18BN3O5. The summed E-state index contributed by atoms with van der Waals surface area (Å²) in [6.45, 7) is 7.55. The van der Waals surface area contributed by atoms with Gasteiger partial charge in [-0.15, -0.1) is 0 Å².